The molecule has 10 heteroatoms. The van der Waals surface area contributed by atoms with Crippen LogP contribution in [0.5, 0.6) is 0 Å². The molecule has 162 valence electrons. The van der Waals surface area contributed by atoms with Gasteiger partial charge in [0.15, 0.2) is 0 Å². The van der Waals surface area contributed by atoms with Crippen LogP contribution in [0.2, 0.25) is 0 Å². The molecule has 0 aliphatic heterocycles. The summed E-state index contributed by atoms with van der Waals surface area (Å²) in [7, 11) is -4.05. The van der Waals surface area contributed by atoms with Gasteiger partial charge in [-0.15, -0.1) is 0 Å². The van der Waals surface area contributed by atoms with Crippen molar-refractivity contribution in [3.8, 4) is 0 Å². The maximum atomic E-state index is 12.1. The Bertz CT molecular complexity index is 991. The monoisotopic (exact) mass is 434 g/mol. The van der Waals surface area contributed by atoms with Crippen LogP contribution in [0.3, 0.4) is 0 Å². The topological polar surface area (TPSA) is 144 Å². The summed E-state index contributed by atoms with van der Waals surface area (Å²) in [5, 5.41) is 21.8. The fourth-order valence-electron chi connectivity index (χ4n) is 2.86. The molecule has 4 N–H and O–H groups in total. The number of nitro groups is 1. The van der Waals surface area contributed by atoms with Gasteiger partial charge in [0, 0.05) is 24.7 Å². The first-order valence-electron chi connectivity index (χ1n) is 9.64. The number of carbonyl (C=O) groups is 1. The van der Waals surface area contributed by atoms with Gasteiger partial charge in [-0.1, -0.05) is 31.9 Å². The third-order valence-corrected chi connectivity index (χ3v) is 5.38. The van der Waals surface area contributed by atoms with Gasteiger partial charge in [-0.05, 0) is 42.7 Å². The third-order valence-electron chi connectivity index (χ3n) is 4.47. The van der Waals surface area contributed by atoms with E-state index in [1.807, 2.05) is 24.3 Å². The van der Waals surface area contributed by atoms with Crippen molar-refractivity contribution in [1.29, 1.82) is 0 Å². The summed E-state index contributed by atoms with van der Waals surface area (Å²) in [5.74, 6) is -0.245. The van der Waals surface area contributed by atoms with Crippen molar-refractivity contribution in [1.82, 2.24) is 0 Å². The van der Waals surface area contributed by atoms with Crippen molar-refractivity contribution < 1.29 is 18.1 Å². The van der Waals surface area contributed by atoms with E-state index >= 15 is 0 Å². The van der Waals surface area contributed by atoms with E-state index in [9.17, 15) is 23.3 Å². The van der Waals surface area contributed by atoms with Gasteiger partial charge >= 0.3 is 0 Å². The molecule has 0 unspecified atom stereocenters. The first-order valence-corrected chi connectivity index (χ1v) is 11.2. The van der Waals surface area contributed by atoms with Crippen molar-refractivity contribution >= 4 is 33.0 Å². The molecule has 0 atom stereocenters. The molecule has 0 heterocycles. The highest BCUT2D eigenvalue weighted by atomic mass is 32.2. The summed E-state index contributed by atoms with van der Waals surface area (Å²) in [5.41, 5.74) is 1.58. The van der Waals surface area contributed by atoms with E-state index in [0.29, 0.717) is 5.69 Å². The van der Waals surface area contributed by atoms with Crippen LogP contribution in [-0.2, 0) is 21.2 Å². The van der Waals surface area contributed by atoms with Crippen LogP contribution in [0.4, 0.5) is 17.1 Å². The molecule has 2 aromatic carbocycles. The number of benzene rings is 2. The lowest BCUT2D eigenvalue weighted by atomic mass is 10.1. The largest absolute Gasteiger partial charge is 0.379 e. The van der Waals surface area contributed by atoms with Gasteiger partial charge in [0.1, 0.15) is 5.69 Å². The van der Waals surface area contributed by atoms with E-state index in [1.54, 1.807) is 0 Å². The van der Waals surface area contributed by atoms with Gasteiger partial charge < -0.3 is 10.6 Å². The lowest BCUT2D eigenvalue weighted by molar-refractivity contribution is -0.384. The van der Waals surface area contributed by atoms with Gasteiger partial charge in [-0.25, -0.2) is 13.6 Å². The Labute approximate surface area is 175 Å². The molecule has 0 aliphatic carbocycles. The summed E-state index contributed by atoms with van der Waals surface area (Å²) in [4.78, 5) is 22.3. The van der Waals surface area contributed by atoms with Crippen molar-refractivity contribution in [2.75, 3.05) is 17.2 Å². The number of nitro benzene ring substituents is 1. The minimum absolute atomic E-state index is 0.0757. The van der Waals surface area contributed by atoms with E-state index in [-0.39, 0.29) is 29.5 Å². The first kappa shape index (κ1) is 23.3. The summed E-state index contributed by atoms with van der Waals surface area (Å²) in [6.07, 6.45) is 4.58. The Morgan fingerprint density at radius 1 is 1.13 bits per heavy atom. The van der Waals surface area contributed by atoms with Gasteiger partial charge in [-0.3, -0.25) is 14.9 Å². The molecule has 0 radical (unpaired) electrons. The zero-order valence-corrected chi connectivity index (χ0v) is 17.6. The lowest BCUT2D eigenvalue weighted by Gasteiger charge is -2.09. The second-order valence-corrected chi connectivity index (χ2v) is 8.42. The number of hydrogen-bond donors (Lipinski definition) is 3. The fraction of sp³-hybridized carbons (Fsp3) is 0.350. The van der Waals surface area contributed by atoms with Crippen molar-refractivity contribution in [3.05, 3.63) is 58.1 Å². The van der Waals surface area contributed by atoms with Crippen molar-refractivity contribution in [2.45, 2.75) is 43.9 Å². The quantitative estimate of drug-likeness (QED) is 0.281. The number of hydrogen-bond acceptors (Lipinski definition) is 6. The zero-order valence-electron chi connectivity index (χ0n) is 16.8. The Morgan fingerprint density at radius 3 is 2.43 bits per heavy atom. The van der Waals surface area contributed by atoms with Crippen LogP contribution in [-0.4, -0.2) is 25.8 Å². The maximum Gasteiger partial charge on any atom is 0.293 e. The van der Waals surface area contributed by atoms with E-state index < -0.39 is 20.6 Å². The Hall–Kier alpha value is -2.98. The molecule has 9 nitrogen and oxygen atoms in total. The van der Waals surface area contributed by atoms with Crippen LogP contribution in [0, 0.1) is 10.1 Å². The summed E-state index contributed by atoms with van der Waals surface area (Å²) in [6.45, 7) is 2.29. The minimum atomic E-state index is -4.05. The molecule has 0 fully saturated rings. The second kappa shape index (κ2) is 10.7. The Kier molecular flexibility index (Phi) is 8.31. The predicted molar refractivity (Wildman–Crippen MR) is 116 cm³/mol. The molecule has 0 aliphatic rings. The number of amides is 1. The second-order valence-electron chi connectivity index (χ2n) is 6.86. The molecule has 2 aromatic rings. The molecule has 1 amide bonds. The number of nitrogens with two attached hydrogens (primary N) is 1. The SMILES string of the molecule is CCCCCc1ccc(NC(=O)CCNc2ccc(S(N)(=O)=O)cc2[N+](=O)[O-])cc1. The van der Waals surface area contributed by atoms with Gasteiger partial charge in [0.25, 0.3) is 5.69 Å². The Balaban J connectivity index is 1.89. The van der Waals surface area contributed by atoms with Gasteiger partial charge in [0.2, 0.25) is 15.9 Å². The highest BCUT2D eigenvalue weighted by Crippen LogP contribution is 2.27. The number of sulfonamides is 1. The molecule has 0 spiro atoms. The van der Waals surface area contributed by atoms with Gasteiger partial charge in [0.05, 0.1) is 9.82 Å². The number of aryl methyl sites for hydroxylation is 1. The zero-order chi connectivity index (χ0) is 22.1. The molecular weight excluding hydrogens is 408 g/mol. The number of unbranched alkanes of at least 4 members (excludes halogenated alkanes) is 2. The van der Waals surface area contributed by atoms with E-state index in [0.717, 1.165) is 18.9 Å². The van der Waals surface area contributed by atoms with E-state index in [4.69, 9.17) is 5.14 Å². The Morgan fingerprint density at radius 2 is 1.83 bits per heavy atom. The molecule has 0 saturated heterocycles. The van der Waals surface area contributed by atoms with Crippen LogP contribution in [0.1, 0.15) is 38.2 Å². The van der Waals surface area contributed by atoms with Crippen LogP contribution < -0.4 is 15.8 Å². The van der Waals surface area contributed by atoms with Crippen LogP contribution in [0.15, 0.2) is 47.4 Å². The number of primary sulfonamides is 1. The number of rotatable bonds is 11. The summed E-state index contributed by atoms with van der Waals surface area (Å²) in [6, 6.07) is 11.0. The lowest BCUT2D eigenvalue weighted by Crippen LogP contribution is -2.17. The smallest absolute Gasteiger partial charge is 0.293 e. The van der Waals surface area contributed by atoms with E-state index in [1.165, 1.54) is 30.5 Å². The molecule has 2 rings (SSSR count). The van der Waals surface area contributed by atoms with Crippen molar-refractivity contribution in [2.24, 2.45) is 5.14 Å². The highest BCUT2D eigenvalue weighted by molar-refractivity contribution is 7.89. The normalized spacial score (nSPS) is 11.1. The maximum absolute atomic E-state index is 12.1. The number of carbonyl (C=O) groups excluding carboxylic acids is 1. The van der Waals surface area contributed by atoms with Crippen molar-refractivity contribution in [3.63, 3.8) is 0 Å². The molecule has 0 bridgehead atoms. The average Bonchev–Trinajstić information content (AvgIpc) is 2.68. The molecule has 0 saturated carbocycles. The van der Waals surface area contributed by atoms with Gasteiger partial charge in [-0.2, -0.15) is 0 Å². The van der Waals surface area contributed by atoms with Crippen LogP contribution >= 0.6 is 0 Å². The standard InChI is InChI=1S/C20H26N4O5S/c1-2-3-4-5-15-6-8-16(9-7-15)23-20(25)12-13-22-18-11-10-17(30(21,28)29)14-19(18)24(26)27/h6-11,14,22H,2-5,12-13H2,1H3,(H,23,25)(H2,21,28,29). The average molecular weight is 435 g/mol. The highest BCUT2D eigenvalue weighted by Gasteiger charge is 2.19. The van der Waals surface area contributed by atoms with Crippen LogP contribution in [0.25, 0.3) is 0 Å². The predicted octanol–water partition coefficient (Wildman–Crippen LogP) is 3.42. The third kappa shape index (κ3) is 7.12. The number of anilines is 2. The molecule has 30 heavy (non-hydrogen) atoms. The summed E-state index contributed by atoms with van der Waals surface area (Å²) < 4.78 is 22.7. The first-order chi connectivity index (χ1) is 14.2. The number of nitrogens with zero attached hydrogens (tertiary/aromatic N) is 1. The fourth-order valence-corrected chi connectivity index (χ4v) is 3.39. The molecular formula is C20H26N4O5S. The molecule has 0 aromatic heterocycles. The summed E-state index contributed by atoms with van der Waals surface area (Å²) >= 11 is 0. The minimum Gasteiger partial charge on any atom is -0.379 e. The number of nitrogens with one attached hydrogen (secondary N) is 2. The van der Waals surface area contributed by atoms with E-state index in [2.05, 4.69) is 17.6 Å².